The fourth-order valence-electron chi connectivity index (χ4n) is 1.65. The van der Waals surface area contributed by atoms with Crippen LogP contribution < -0.4 is 4.74 Å². The summed E-state index contributed by atoms with van der Waals surface area (Å²) < 4.78 is 37.1. The number of methoxy groups -OCH3 is 1. The number of rotatable bonds is 4. The summed E-state index contributed by atoms with van der Waals surface area (Å²) in [7, 11) is -3.15. The van der Waals surface area contributed by atoms with Gasteiger partial charge in [-0.05, 0) is 12.1 Å². The quantitative estimate of drug-likeness (QED) is 0.694. The van der Waals surface area contributed by atoms with Gasteiger partial charge in [-0.3, -0.25) is 4.55 Å². The van der Waals surface area contributed by atoms with Crippen molar-refractivity contribution >= 4 is 16.1 Å². The lowest BCUT2D eigenvalue weighted by Gasteiger charge is -2.09. The predicted molar refractivity (Wildman–Crippen MR) is 68.6 cm³/mol. The zero-order valence-electron chi connectivity index (χ0n) is 10.6. The number of hydrogen-bond acceptors (Lipinski definition) is 6. The van der Waals surface area contributed by atoms with Gasteiger partial charge in [0.15, 0.2) is 5.75 Å². The van der Waals surface area contributed by atoms with Crippen molar-refractivity contribution in [3.63, 3.8) is 0 Å². The van der Waals surface area contributed by atoms with Crippen molar-refractivity contribution in [1.82, 2.24) is 9.78 Å². The van der Waals surface area contributed by atoms with Gasteiger partial charge in [-0.25, -0.2) is 9.48 Å². The van der Waals surface area contributed by atoms with Crippen molar-refractivity contribution in [3.05, 3.63) is 30.1 Å². The number of ether oxygens (including phenoxy) is 1. The molecule has 0 unspecified atom stereocenters. The first-order valence-corrected chi connectivity index (χ1v) is 6.86. The van der Waals surface area contributed by atoms with Crippen LogP contribution in [0.4, 0.5) is 0 Å². The summed E-state index contributed by atoms with van der Waals surface area (Å²) in [5.41, 5.74) is -0.372. The maximum Gasteiger partial charge on any atom is 0.360 e. The highest BCUT2D eigenvalue weighted by Crippen LogP contribution is 2.28. The van der Waals surface area contributed by atoms with Gasteiger partial charge in [-0.1, -0.05) is 0 Å². The smallest absolute Gasteiger partial charge is 0.360 e. The topological polar surface area (TPSA) is 139 Å². The van der Waals surface area contributed by atoms with Gasteiger partial charge in [0.25, 0.3) is 10.1 Å². The maximum atomic E-state index is 11.1. The molecule has 1 aromatic heterocycles. The standard InChI is InChI=1S/C11H10N2O7S/c1-20-9-4-6(21(17,18)19)2-3-7(9)13-5-8(14)10(12-13)11(15)16/h2-5,14H,1H3,(H,15,16)(H,17,18,19). The molecule has 0 atom stereocenters. The van der Waals surface area contributed by atoms with E-state index < -0.39 is 32.4 Å². The number of carboxylic acid groups (broad SMARTS) is 1. The summed E-state index contributed by atoms with van der Waals surface area (Å²) >= 11 is 0. The molecule has 1 heterocycles. The molecule has 0 bridgehead atoms. The predicted octanol–water partition coefficient (Wildman–Crippen LogP) is 0.531. The molecule has 3 N–H and O–H groups in total. The molecule has 112 valence electrons. The lowest BCUT2D eigenvalue weighted by Crippen LogP contribution is -2.04. The summed E-state index contributed by atoms with van der Waals surface area (Å²) in [4.78, 5) is 10.4. The van der Waals surface area contributed by atoms with Gasteiger partial charge in [0.2, 0.25) is 5.69 Å². The minimum atomic E-state index is -4.40. The Hall–Kier alpha value is -2.59. The van der Waals surface area contributed by atoms with E-state index in [0.29, 0.717) is 0 Å². The highest BCUT2D eigenvalue weighted by atomic mass is 32.2. The van der Waals surface area contributed by atoms with Crippen LogP contribution in [0.5, 0.6) is 11.5 Å². The fourth-order valence-corrected chi connectivity index (χ4v) is 2.14. The van der Waals surface area contributed by atoms with Crippen LogP contribution in [0.25, 0.3) is 5.69 Å². The zero-order chi connectivity index (χ0) is 15.8. The van der Waals surface area contributed by atoms with Crippen LogP contribution in [0.1, 0.15) is 10.5 Å². The second-order valence-electron chi connectivity index (χ2n) is 3.92. The Morgan fingerprint density at radius 1 is 1.38 bits per heavy atom. The number of carbonyl (C=O) groups is 1. The largest absolute Gasteiger partial charge is 0.504 e. The SMILES string of the molecule is COc1cc(S(=O)(=O)O)ccc1-n1cc(O)c(C(=O)O)n1. The molecule has 2 rings (SSSR count). The number of carboxylic acids is 1. The van der Waals surface area contributed by atoms with Crippen LogP contribution in [0.2, 0.25) is 0 Å². The zero-order valence-corrected chi connectivity index (χ0v) is 11.4. The number of benzene rings is 1. The van der Waals surface area contributed by atoms with Gasteiger partial charge >= 0.3 is 5.97 Å². The Kier molecular flexibility index (Phi) is 3.58. The number of aromatic nitrogens is 2. The molecule has 10 heteroatoms. The van der Waals surface area contributed by atoms with E-state index in [1.165, 1.54) is 13.2 Å². The van der Waals surface area contributed by atoms with E-state index in [0.717, 1.165) is 23.0 Å². The summed E-state index contributed by atoms with van der Waals surface area (Å²) in [6, 6.07) is 3.39. The number of nitrogens with zero attached hydrogens (tertiary/aromatic N) is 2. The molecule has 0 aliphatic rings. The second kappa shape index (κ2) is 5.07. The van der Waals surface area contributed by atoms with Gasteiger partial charge in [0.1, 0.15) is 11.4 Å². The molecule has 0 aliphatic heterocycles. The van der Waals surface area contributed by atoms with Crippen LogP contribution in [-0.2, 0) is 10.1 Å². The average molecular weight is 314 g/mol. The van der Waals surface area contributed by atoms with Gasteiger partial charge in [0.05, 0.1) is 18.2 Å². The van der Waals surface area contributed by atoms with E-state index in [1.54, 1.807) is 0 Å². The van der Waals surface area contributed by atoms with E-state index in [9.17, 15) is 18.3 Å². The third-order valence-electron chi connectivity index (χ3n) is 2.59. The maximum absolute atomic E-state index is 11.1. The Labute approximate surface area is 118 Å². The molecule has 2 aromatic rings. The van der Waals surface area contributed by atoms with Crippen molar-refractivity contribution in [2.45, 2.75) is 4.90 Å². The molecule has 1 aromatic carbocycles. The number of hydrogen-bond donors (Lipinski definition) is 3. The average Bonchev–Trinajstić information content (AvgIpc) is 2.79. The molecule has 0 saturated carbocycles. The van der Waals surface area contributed by atoms with Crippen LogP contribution in [0, 0.1) is 0 Å². The summed E-state index contributed by atoms with van der Waals surface area (Å²) in [6.07, 6.45) is 1.04. The first-order valence-electron chi connectivity index (χ1n) is 5.42. The molecule has 21 heavy (non-hydrogen) atoms. The van der Waals surface area contributed by atoms with E-state index in [4.69, 9.17) is 14.4 Å². The summed E-state index contributed by atoms with van der Waals surface area (Å²) in [6.45, 7) is 0. The second-order valence-corrected chi connectivity index (χ2v) is 5.34. The van der Waals surface area contributed by atoms with Crippen LogP contribution in [0.15, 0.2) is 29.3 Å². The molecule has 0 aliphatic carbocycles. The van der Waals surface area contributed by atoms with Crippen LogP contribution >= 0.6 is 0 Å². The summed E-state index contributed by atoms with van der Waals surface area (Å²) in [5, 5.41) is 21.9. The molecule has 0 fully saturated rings. The number of aromatic hydroxyl groups is 1. The van der Waals surface area contributed by atoms with Gasteiger partial charge in [-0.15, -0.1) is 0 Å². The third-order valence-corrected chi connectivity index (χ3v) is 3.44. The van der Waals surface area contributed by atoms with E-state index in [1.807, 2.05) is 0 Å². The van der Waals surface area contributed by atoms with E-state index in [-0.39, 0.29) is 11.4 Å². The molecule has 9 nitrogen and oxygen atoms in total. The summed E-state index contributed by atoms with van der Waals surface area (Å²) in [5.74, 6) is -1.95. The van der Waals surface area contributed by atoms with Crippen LogP contribution in [0.3, 0.4) is 0 Å². The van der Waals surface area contributed by atoms with Crippen molar-refractivity contribution in [1.29, 1.82) is 0 Å². The highest BCUT2D eigenvalue weighted by molar-refractivity contribution is 7.85. The van der Waals surface area contributed by atoms with Gasteiger partial charge < -0.3 is 14.9 Å². The normalized spacial score (nSPS) is 11.3. The Morgan fingerprint density at radius 3 is 2.52 bits per heavy atom. The fraction of sp³-hybridized carbons (Fsp3) is 0.0909. The molecule has 0 amide bonds. The molecule has 0 saturated heterocycles. The molecule has 0 radical (unpaired) electrons. The minimum Gasteiger partial charge on any atom is -0.504 e. The van der Waals surface area contributed by atoms with Gasteiger partial charge in [-0.2, -0.15) is 13.5 Å². The Morgan fingerprint density at radius 2 is 2.05 bits per heavy atom. The number of aromatic carboxylic acids is 1. The highest BCUT2D eigenvalue weighted by Gasteiger charge is 2.19. The molecular weight excluding hydrogens is 304 g/mol. The first kappa shape index (κ1) is 14.8. The lowest BCUT2D eigenvalue weighted by molar-refractivity contribution is 0.0687. The van der Waals surface area contributed by atoms with Crippen molar-refractivity contribution < 1.29 is 32.7 Å². The third kappa shape index (κ3) is 2.80. The van der Waals surface area contributed by atoms with Crippen molar-refractivity contribution in [2.24, 2.45) is 0 Å². The lowest BCUT2D eigenvalue weighted by atomic mass is 10.3. The van der Waals surface area contributed by atoms with Crippen LogP contribution in [-0.4, -0.2) is 46.0 Å². The van der Waals surface area contributed by atoms with Crippen molar-refractivity contribution in [3.8, 4) is 17.2 Å². The Balaban J connectivity index is 2.59. The molecule has 0 spiro atoms. The monoisotopic (exact) mass is 314 g/mol. The first-order chi connectivity index (χ1) is 9.74. The minimum absolute atomic E-state index is 0.0181. The van der Waals surface area contributed by atoms with E-state index in [2.05, 4.69) is 5.10 Å². The Bertz CT molecular complexity index is 810. The molecular formula is C11H10N2O7S. The van der Waals surface area contributed by atoms with Gasteiger partial charge in [0, 0.05) is 6.07 Å². The van der Waals surface area contributed by atoms with Crippen molar-refractivity contribution in [2.75, 3.05) is 7.11 Å². The van der Waals surface area contributed by atoms with E-state index >= 15 is 0 Å².